The quantitative estimate of drug-likeness (QED) is 0.603. The summed E-state index contributed by atoms with van der Waals surface area (Å²) >= 11 is 0. The van der Waals surface area contributed by atoms with E-state index in [1.807, 2.05) is 13.8 Å². The largest absolute Gasteiger partial charge is 0.466 e. The molecule has 0 heterocycles. The molecule has 0 saturated carbocycles. The van der Waals surface area contributed by atoms with Gasteiger partial charge in [-0.2, -0.15) is 0 Å². The van der Waals surface area contributed by atoms with Gasteiger partial charge in [0.25, 0.3) is 7.41 Å². The van der Waals surface area contributed by atoms with Gasteiger partial charge < -0.3 is 9.92 Å². The molecule has 4 heteroatoms. The molecule has 1 amide bonds. The van der Waals surface area contributed by atoms with Crippen molar-refractivity contribution < 1.29 is 9.90 Å². The van der Waals surface area contributed by atoms with E-state index in [1.54, 1.807) is 7.41 Å². The number of carboxylic acid groups (broad SMARTS) is 1. The lowest BCUT2D eigenvalue weighted by atomic mass is 9.81. The van der Waals surface area contributed by atoms with Crippen molar-refractivity contribution in [3.63, 3.8) is 0 Å². The van der Waals surface area contributed by atoms with E-state index in [2.05, 4.69) is 0 Å². The number of hydrogen-bond donors (Lipinski definition) is 1. The van der Waals surface area contributed by atoms with Crippen LogP contribution in [0, 0.1) is 5.92 Å². The van der Waals surface area contributed by atoms with Crippen molar-refractivity contribution in [1.29, 1.82) is 0 Å². The molecule has 0 unspecified atom stereocenters. The third-order valence-corrected chi connectivity index (χ3v) is 1.15. The minimum Gasteiger partial charge on any atom is -0.466 e. The summed E-state index contributed by atoms with van der Waals surface area (Å²) in [5.41, 5.74) is 0. The van der Waals surface area contributed by atoms with Crippen molar-refractivity contribution in [3.8, 4) is 0 Å². The number of hydrogen-bond acceptors (Lipinski definition) is 1. The third kappa shape index (κ3) is 4.24. The Labute approximate surface area is 62.3 Å². The normalized spacial score (nSPS) is 9.60. The maximum Gasteiger partial charge on any atom is 0.394 e. The molecule has 0 atom stereocenters. The highest BCUT2D eigenvalue weighted by Crippen LogP contribution is 1.99. The molecule has 1 radical (unpaired) electrons. The lowest BCUT2D eigenvalue weighted by molar-refractivity contribution is 0.178. The first-order valence-corrected chi connectivity index (χ1v) is 3.33. The molecule has 0 bridgehead atoms. The molecule has 0 aliphatic rings. The summed E-state index contributed by atoms with van der Waals surface area (Å²) in [6.07, 6.45) is -0.0938. The van der Waals surface area contributed by atoms with Crippen LogP contribution < -0.4 is 0 Å². The van der Waals surface area contributed by atoms with Gasteiger partial charge >= 0.3 is 6.09 Å². The van der Waals surface area contributed by atoms with E-state index < -0.39 is 6.09 Å². The molecule has 0 aliphatic heterocycles. The van der Waals surface area contributed by atoms with E-state index in [9.17, 15) is 4.79 Å². The molecule has 1 N–H and O–H groups in total. The van der Waals surface area contributed by atoms with Crippen LogP contribution in [0.3, 0.4) is 0 Å². The smallest absolute Gasteiger partial charge is 0.394 e. The molecule has 0 spiro atoms. The Balaban J connectivity index is 3.40. The number of rotatable bonds is 3. The van der Waals surface area contributed by atoms with Gasteiger partial charge in [-0.1, -0.05) is 26.1 Å². The van der Waals surface area contributed by atoms with E-state index in [0.717, 1.165) is 6.32 Å². The summed E-state index contributed by atoms with van der Waals surface area (Å²) in [7, 11) is 3.21. The fourth-order valence-corrected chi connectivity index (χ4v) is 0.447. The third-order valence-electron chi connectivity index (χ3n) is 1.15. The van der Waals surface area contributed by atoms with Gasteiger partial charge in [-0.05, 0) is 7.05 Å². The summed E-state index contributed by atoms with van der Waals surface area (Å²) in [4.78, 5) is 11.4. The maximum absolute atomic E-state index is 10.2. The van der Waals surface area contributed by atoms with E-state index in [-0.39, 0.29) is 0 Å². The fourth-order valence-electron chi connectivity index (χ4n) is 0.447. The summed E-state index contributed by atoms with van der Waals surface area (Å²) < 4.78 is 0. The molecule has 0 aromatic carbocycles. The molecule has 0 aromatic rings. The second-order valence-corrected chi connectivity index (χ2v) is 2.71. The molecule has 0 fully saturated rings. The molecule has 57 valence electrons. The highest BCUT2D eigenvalue weighted by Gasteiger charge is 2.07. The van der Waals surface area contributed by atoms with Gasteiger partial charge in [-0.15, -0.1) is 0 Å². The maximum atomic E-state index is 10.2. The number of carbonyl (C=O) groups is 1. The second-order valence-electron chi connectivity index (χ2n) is 2.71. The second kappa shape index (κ2) is 4.20. The van der Waals surface area contributed by atoms with Crippen LogP contribution in [0.5, 0.6) is 0 Å². The molecule has 0 rings (SSSR count). The minimum absolute atomic E-state index is 0.516. The molecule has 10 heavy (non-hydrogen) atoms. The van der Waals surface area contributed by atoms with Crippen LogP contribution in [0.4, 0.5) is 4.79 Å². The van der Waals surface area contributed by atoms with Crippen molar-refractivity contribution in [2.24, 2.45) is 5.92 Å². The lowest BCUT2D eigenvalue weighted by Gasteiger charge is -2.11. The predicted molar refractivity (Wildman–Crippen MR) is 41.2 cm³/mol. The molecular formula is C6H13BNO2. The Kier molecular flexibility index (Phi) is 3.92. The Morgan fingerprint density at radius 2 is 2.20 bits per heavy atom. The van der Waals surface area contributed by atoms with Crippen LogP contribution in [0.2, 0.25) is 6.32 Å². The Bertz CT molecular complexity index is 116. The summed E-state index contributed by atoms with van der Waals surface area (Å²) in [5.74, 6) is 0.516. The van der Waals surface area contributed by atoms with Crippen LogP contribution in [0.25, 0.3) is 0 Å². The van der Waals surface area contributed by atoms with Gasteiger partial charge in [0.2, 0.25) is 0 Å². The molecule has 0 aliphatic carbocycles. The van der Waals surface area contributed by atoms with Crippen LogP contribution >= 0.6 is 0 Å². The standard InChI is InChI=1S/C6H13BNO2/c1-5(2)4-7-8(3)6(9)10/h5H,4H2,1-3H3,(H,9,10). The summed E-state index contributed by atoms with van der Waals surface area (Å²) in [6.45, 7) is 4.10. The van der Waals surface area contributed by atoms with E-state index in [0.29, 0.717) is 5.92 Å². The highest BCUT2D eigenvalue weighted by atomic mass is 16.4. The molecule has 0 saturated heterocycles. The van der Waals surface area contributed by atoms with Crippen molar-refractivity contribution in [2.45, 2.75) is 20.2 Å². The lowest BCUT2D eigenvalue weighted by Crippen LogP contribution is -2.29. The first-order chi connectivity index (χ1) is 4.54. The number of nitrogens with zero attached hydrogens (tertiary/aromatic N) is 1. The van der Waals surface area contributed by atoms with E-state index in [4.69, 9.17) is 5.11 Å². The van der Waals surface area contributed by atoms with Gasteiger partial charge in [0.05, 0.1) is 0 Å². The molecule has 0 aromatic heterocycles. The highest BCUT2D eigenvalue weighted by molar-refractivity contribution is 6.35. The molecule has 3 nitrogen and oxygen atoms in total. The Morgan fingerprint density at radius 1 is 1.70 bits per heavy atom. The van der Waals surface area contributed by atoms with E-state index in [1.165, 1.54) is 11.9 Å². The van der Waals surface area contributed by atoms with Crippen LogP contribution in [0.1, 0.15) is 13.8 Å². The monoisotopic (exact) mass is 142 g/mol. The first-order valence-electron chi connectivity index (χ1n) is 3.33. The zero-order valence-corrected chi connectivity index (χ0v) is 6.66. The SMILES string of the molecule is CC(C)C[B]N(C)C(=O)O. The fraction of sp³-hybridized carbons (Fsp3) is 0.833. The van der Waals surface area contributed by atoms with Crippen LogP contribution in [-0.2, 0) is 0 Å². The van der Waals surface area contributed by atoms with Crippen LogP contribution in [-0.4, -0.2) is 30.5 Å². The van der Waals surface area contributed by atoms with Gasteiger partial charge in [-0.3, -0.25) is 0 Å². The number of amides is 1. The average molecular weight is 142 g/mol. The topological polar surface area (TPSA) is 40.5 Å². The minimum atomic E-state index is -0.902. The zero-order valence-electron chi connectivity index (χ0n) is 6.66. The van der Waals surface area contributed by atoms with Crippen molar-refractivity contribution in [1.82, 2.24) is 4.81 Å². The van der Waals surface area contributed by atoms with Crippen molar-refractivity contribution in [2.75, 3.05) is 7.05 Å². The zero-order chi connectivity index (χ0) is 8.15. The van der Waals surface area contributed by atoms with Gasteiger partial charge in [0.15, 0.2) is 0 Å². The summed E-state index contributed by atoms with van der Waals surface area (Å²) in [5, 5.41) is 8.39. The van der Waals surface area contributed by atoms with E-state index >= 15 is 0 Å². The molecular weight excluding hydrogens is 129 g/mol. The van der Waals surface area contributed by atoms with Crippen LogP contribution in [0.15, 0.2) is 0 Å². The summed E-state index contributed by atoms with van der Waals surface area (Å²) in [6, 6.07) is 0. The predicted octanol–water partition coefficient (Wildman–Crippen LogP) is 1.29. The van der Waals surface area contributed by atoms with Gasteiger partial charge in [0, 0.05) is 0 Å². The van der Waals surface area contributed by atoms with Gasteiger partial charge in [-0.25, -0.2) is 4.79 Å². The average Bonchev–Trinajstić information content (AvgIpc) is 1.82. The Morgan fingerprint density at radius 3 is 2.50 bits per heavy atom. The van der Waals surface area contributed by atoms with Crippen molar-refractivity contribution in [3.05, 3.63) is 0 Å². The van der Waals surface area contributed by atoms with Crippen molar-refractivity contribution >= 4 is 13.5 Å². The first kappa shape index (κ1) is 9.33. The van der Waals surface area contributed by atoms with Gasteiger partial charge in [0.1, 0.15) is 0 Å². The Hall–Kier alpha value is -0.665.